The molecular weight excluding hydrogens is 200 g/mol. The summed E-state index contributed by atoms with van der Waals surface area (Å²) in [7, 11) is -3.11. The molecule has 5 heteroatoms. The van der Waals surface area contributed by atoms with Crippen molar-refractivity contribution in [3.63, 3.8) is 0 Å². The SMILES string of the molecule is CC(N)CS(=O)(=O)N1CCCC(C)C1. The molecule has 2 N–H and O–H groups in total. The lowest BCUT2D eigenvalue weighted by Gasteiger charge is -2.30. The molecular formula is C9H20N2O2S. The Balaban J connectivity index is 2.62. The molecule has 0 aromatic rings. The van der Waals surface area contributed by atoms with Crippen LogP contribution in [0.5, 0.6) is 0 Å². The summed E-state index contributed by atoms with van der Waals surface area (Å²) in [5.74, 6) is 0.548. The summed E-state index contributed by atoms with van der Waals surface area (Å²) in [6.07, 6.45) is 2.10. The molecule has 14 heavy (non-hydrogen) atoms. The van der Waals surface area contributed by atoms with Gasteiger partial charge in [0, 0.05) is 19.1 Å². The van der Waals surface area contributed by atoms with Crippen LogP contribution < -0.4 is 5.73 Å². The summed E-state index contributed by atoms with van der Waals surface area (Å²) in [5.41, 5.74) is 5.51. The Morgan fingerprint density at radius 3 is 2.71 bits per heavy atom. The second-order valence-corrected chi connectivity index (χ2v) is 6.37. The number of rotatable bonds is 3. The van der Waals surface area contributed by atoms with Gasteiger partial charge in [-0.3, -0.25) is 0 Å². The van der Waals surface area contributed by atoms with Crippen LogP contribution in [-0.4, -0.2) is 37.6 Å². The van der Waals surface area contributed by atoms with Crippen molar-refractivity contribution in [1.29, 1.82) is 0 Å². The molecule has 1 aliphatic rings. The molecule has 0 saturated carbocycles. The van der Waals surface area contributed by atoms with Crippen LogP contribution in [0.3, 0.4) is 0 Å². The lowest BCUT2D eigenvalue weighted by molar-refractivity contribution is 0.281. The second kappa shape index (κ2) is 4.59. The Kier molecular flexibility index (Phi) is 3.92. The molecule has 0 aliphatic carbocycles. The van der Waals surface area contributed by atoms with E-state index in [1.165, 1.54) is 0 Å². The van der Waals surface area contributed by atoms with Crippen LogP contribution in [0, 0.1) is 5.92 Å². The van der Waals surface area contributed by atoms with E-state index in [9.17, 15) is 8.42 Å². The van der Waals surface area contributed by atoms with Gasteiger partial charge in [0.15, 0.2) is 0 Å². The standard InChI is InChI=1S/C9H20N2O2S/c1-8-4-3-5-11(6-8)14(12,13)7-9(2)10/h8-9H,3-7,10H2,1-2H3. The van der Waals surface area contributed by atoms with Gasteiger partial charge in [0.2, 0.25) is 10.0 Å². The molecule has 0 spiro atoms. The van der Waals surface area contributed by atoms with Crippen molar-refractivity contribution in [1.82, 2.24) is 4.31 Å². The minimum atomic E-state index is -3.11. The molecule has 0 aromatic heterocycles. The van der Waals surface area contributed by atoms with Crippen molar-refractivity contribution in [2.24, 2.45) is 11.7 Å². The largest absolute Gasteiger partial charge is 0.327 e. The van der Waals surface area contributed by atoms with Crippen molar-refractivity contribution in [2.45, 2.75) is 32.7 Å². The summed E-state index contributed by atoms with van der Waals surface area (Å²) < 4.78 is 25.2. The van der Waals surface area contributed by atoms with Crippen molar-refractivity contribution in [3.8, 4) is 0 Å². The molecule has 0 radical (unpaired) electrons. The van der Waals surface area contributed by atoms with Crippen LogP contribution in [0.2, 0.25) is 0 Å². The van der Waals surface area contributed by atoms with E-state index >= 15 is 0 Å². The zero-order valence-electron chi connectivity index (χ0n) is 8.94. The summed E-state index contributed by atoms with van der Waals surface area (Å²) in [6.45, 7) is 5.15. The van der Waals surface area contributed by atoms with Gasteiger partial charge >= 0.3 is 0 Å². The molecule has 2 unspecified atom stereocenters. The fourth-order valence-electron chi connectivity index (χ4n) is 1.84. The molecule has 1 fully saturated rings. The van der Waals surface area contributed by atoms with E-state index in [1.54, 1.807) is 11.2 Å². The van der Waals surface area contributed by atoms with Gasteiger partial charge in [-0.1, -0.05) is 6.92 Å². The third-order valence-corrected chi connectivity index (χ3v) is 4.55. The summed E-state index contributed by atoms with van der Waals surface area (Å²) in [4.78, 5) is 0. The van der Waals surface area contributed by atoms with Crippen LogP contribution >= 0.6 is 0 Å². The first-order chi connectivity index (χ1) is 6.42. The Morgan fingerprint density at radius 2 is 2.21 bits per heavy atom. The molecule has 1 heterocycles. The number of nitrogens with zero attached hydrogens (tertiary/aromatic N) is 1. The van der Waals surface area contributed by atoms with Crippen LogP contribution in [0.25, 0.3) is 0 Å². The number of piperidine rings is 1. The van der Waals surface area contributed by atoms with E-state index in [2.05, 4.69) is 6.92 Å². The second-order valence-electron chi connectivity index (χ2n) is 4.36. The summed E-state index contributed by atoms with van der Waals surface area (Å²) in [6, 6.07) is -0.280. The van der Waals surface area contributed by atoms with Crippen molar-refractivity contribution < 1.29 is 8.42 Å². The van der Waals surface area contributed by atoms with Gasteiger partial charge < -0.3 is 5.73 Å². The molecule has 2 atom stereocenters. The Labute approximate surface area is 86.5 Å². The average molecular weight is 220 g/mol. The molecule has 1 rings (SSSR count). The van der Waals surface area contributed by atoms with Gasteiger partial charge in [-0.2, -0.15) is 0 Å². The van der Waals surface area contributed by atoms with Crippen LogP contribution in [-0.2, 0) is 10.0 Å². The predicted octanol–water partition coefficient (Wildman–Crippen LogP) is 0.395. The zero-order chi connectivity index (χ0) is 10.8. The molecule has 0 bridgehead atoms. The Hall–Kier alpha value is -0.130. The van der Waals surface area contributed by atoms with E-state index < -0.39 is 10.0 Å². The van der Waals surface area contributed by atoms with E-state index in [4.69, 9.17) is 5.73 Å². The first-order valence-corrected chi connectivity index (χ1v) is 6.76. The van der Waals surface area contributed by atoms with Gasteiger partial charge in [0.05, 0.1) is 5.75 Å². The van der Waals surface area contributed by atoms with Crippen molar-refractivity contribution in [2.75, 3.05) is 18.8 Å². The van der Waals surface area contributed by atoms with Crippen LogP contribution in [0.15, 0.2) is 0 Å². The minimum Gasteiger partial charge on any atom is -0.327 e. The van der Waals surface area contributed by atoms with Gasteiger partial charge in [0.25, 0.3) is 0 Å². The van der Waals surface area contributed by atoms with Gasteiger partial charge in [-0.25, -0.2) is 12.7 Å². The highest BCUT2D eigenvalue weighted by atomic mass is 32.2. The highest BCUT2D eigenvalue weighted by Gasteiger charge is 2.27. The minimum absolute atomic E-state index is 0.0692. The number of hydrogen-bond acceptors (Lipinski definition) is 3. The quantitative estimate of drug-likeness (QED) is 0.748. The topological polar surface area (TPSA) is 63.4 Å². The van der Waals surface area contributed by atoms with Gasteiger partial charge in [-0.05, 0) is 25.7 Å². The Morgan fingerprint density at radius 1 is 1.57 bits per heavy atom. The first kappa shape index (κ1) is 11.9. The predicted molar refractivity (Wildman–Crippen MR) is 57.4 cm³/mol. The maximum absolute atomic E-state index is 11.8. The monoisotopic (exact) mass is 220 g/mol. The fraction of sp³-hybridized carbons (Fsp3) is 1.00. The summed E-state index contributed by atoms with van der Waals surface area (Å²) >= 11 is 0. The average Bonchev–Trinajstić information content (AvgIpc) is 2.01. The Bertz CT molecular complexity index is 275. The number of sulfonamides is 1. The highest BCUT2D eigenvalue weighted by molar-refractivity contribution is 7.89. The molecule has 84 valence electrons. The summed E-state index contributed by atoms with van der Waals surface area (Å²) in [5, 5.41) is 0. The first-order valence-electron chi connectivity index (χ1n) is 5.15. The van der Waals surface area contributed by atoms with Crippen molar-refractivity contribution in [3.05, 3.63) is 0 Å². The highest BCUT2D eigenvalue weighted by Crippen LogP contribution is 2.18. The van der Waals surface area contributed by atoms with E-state index in [-0.39, 0.29) is 11.8 Å². The molecule has 1 saturated heterocycles. The third kappa shape index (κ3) is 3.22. The zero-order valence-corrected chi connectivity index (χ0v) is 9.76. The van der Waals surface area contributed by atoms with E-state index in [1.807, 2.05) is 0 Å². The third-order valence-electron chi connectivity index (χ3n) is 2.49. The van der Waals surface area contributed by atoms with Gasteiger partial charge in [0.1, 0.15) is 0 Å². The van der Waals surface area contributed by atoms with Crippen LogP contribution in [0.1, 0.15) is 26.7 Å². The maximum atomic E-state index is 11.8. The molecule has 4 nitrogen and oxygen atoms in total. The van der Waals surface area contributed by atoms with Gasteiger partial charge in [-0.15, -0.1) is 0 Å². The lowest BCUT2D eigenvalue weighted by atomic mass is 10.0. The molecule has 1 aliphatic heterocycles. The molecule has 0 aromatic carbocycles. The maximum Gasteiger partial charge on any atom is 0.215 e. The van der Waals surface area contributed by atoms with Crippen LogP contribution in [0.4, 0.5) is 0 Å². The molecule has 0 amide bonds. The van der Waals surface area contributed by atoms with Crippen molar-refractivity contribution >= 4 is 10.0 Å². The van der Waals surface area contributed by atoms with E-state index in [0.717, 1.165) is 12.8 Å². The number of hydrogen-bond donors (Lipinski definition) is 1. The number of nitrogens with two attached hydrogens (primary N) is 1. The fourth-order valence-corrected chi connectivity index (χ4v) is 3.60. The lowest BCUT2D eigenvalue weighted by Crippen LogP contribution is -2.43. The smallest absolute Gasteiger partial charge is 0.215 e. The van der Waals surface area contributed by atoms with E-state index in [0.29, 0.717) is 19.0 Å². The normalized spacial score (nSPS) is 27.5.